The number of pyridine rings is 1. The summed E-state index contributed by atoms with van der Waals surface area (Å²) in [7, 11) is 0. The van der Waals surface area contributed by atoms with Gasteiger partial charge in [-0.2, -0.15) is 0 Å². The van der Waals surface area contributed by atoms with Gasteiger partial charge in [-0.05, 0) is 48.8 Å². The van der Waals surface area contributed by atoms with Crippen LogP contribution < -0.4 is 5.32 Å². The zero-order chi connectivity index (χ0) is 12.8. The van der Waals surface area contributed by atoms with Crippen molar-refractivity contribution in [3.05, 3.63) is 30.1 Å². The third-order valence-corrected chi connectivity index (χ3v) is 4.30. The van der Waals surface area contributed by atoms with Crippen LogP contribution >= 0.6 is 0 Å². The molecule has 1 aliphatic rings. The minimum atomic E-state index is 0.710. The number of hydrogen-bond donors (Lipinski definition) is 1. The Morgan fingerprint density at radius 3 is 2.67 bits per heavy atom. The summed E-state index contributed by atoms with van der Waals surface area (Å²) in [4.78, 5) is 4.06. The van der Waals surface area contributed by atoms with Gasteiger partial charge in [0.15, 0.2) is 0 Å². The van der Waals surface area contributed by atoms with E-state index in [2.05, 4.69) is 36.3 Å². The molecule has 18 heavy (non-hydrogen) atoms. The molecule has 1 aromatic heterocycles. The number of hydrogen-bond acceptors (Lipinski definition) is 2. The Balaban J connectivity index is 1.77. The van der Waals surface area contributed by atoms with Gasteiger partial charge in [-0.15, -0.1) is 0 Å². The number of nitrogens with zero attached hydrogens (tertiary/aromatic N) is 1. The van der Waals surface area contributed by atoms with Crippen LogP contribution in [0.3, 0.4) is 0 Å². The van der Waals surface area contributed by atoms with Crippen LogP contribution in [0.2, 0.25) is 0 Å². The first-order chi connectivity index (χ1) is 8.75. The summed E-state index contributed by atoms with van der Waals surface area (Å²) in [5, 5.41) is 3.71. The molecule has 1 fully saturated rings. The molecule has 1 N–H and O–H groups in total. The highest BCUT2D eigenvalue weighted by Crippen LogP contribution is 2.28. The average Bonchev–Trinajstić information content (AvgIpc) is 2.63. The van der Waals surface area contributed by atoms with Crippen LogP contribution in [-0.4, -0.2) is 11.0 Å². The van der Waals surface area contributed by atoms with Gasteiger partial charge in [0.2, 0.25) is 0 Å². The second-order valence-corrected chi connectivity index (χ2v) is 5.95. The van der Waals surface area contributed by atoms with E-state index in [1.807, 2.05) is 12.4 Å². The molecule has 2 nitrogen and oxygen atoms in total. The molecule has 1 saturated carbocycles. The second kappa shape index (κ2) is 6.89. The third kappa shape index (κ3) is 4.09. The SMILES string of the molecule is CC(C)C1CCCC(NCc2ccncc2)CC1. The maximum absolute atomic E-state index is 4.06. The lowest BCUT2D eigenvalue weighted by Gasteiger charge is -2.19. The summed E-state index contributed by atoms with van der Waals surface area (Å²) in [6, 6.07) is 4.91. The first-order valence-corrected chi connectivity index (χ1v) is 7.38. The zero-order valence-corrected chi connectivity index (χ0v) is 11.7. The topological polar surface area (TPSA) is 24.9 Å². The van der Waals surface area contributed by atoms with Crippen molar-refractivity contribution in [2.24, 2.45) is 11.8 Å². The van der Waals surface area contributed by atoms with E-state index in [4.69, 9.17) is 0 Å². The molecule has 1 heterocycles. The monoisotopic (exact) mass is 246 g/mol. The van der Waals surface area contributed by atoms with Crippen LogP contribution in [0.25, 0.3) is 0 Å². The molecule has 2 unspecified atom stereocenters. The van der Waals surface area contributed by atoms with E-state index in [0.29, 0.717) is 6.04 Å². The summed E-state index contributed by atoms with van der Waals surface area (Å²) in [5.41, 5.74) is 1.34. The van der Waals surface area contributed by atoms with Crippen LogP contribution in [0.5, 0.6) is 0 Å². The molecule has 0 amide bonds. The molecule has 2 heteroatoms. The first kappa shape index (κ1) is 13.5. The first-order valence-electron chi connectivity index (χ1n) is 7.38. The predicted molar refractivity (Wildman–Crippen MR) is 76.3 cm³/mol. The predicted octanol–water partition coefficient (Wildman–Crippen LogP) is 3.78. The second-order valence-electron chi connectivity index (χ2n) is 5.95. The highest BCUT2D eigenvalue weighted by molar-refractivity contribution is 5.09. The van der Waals surface area contributed by atoms with E-state index < -0.39 is 0 Å². The molecule has 1 aromatic rings. The standard InChI is InChI=1S/C16H26N2/c1-13(2)15-4-3-5-16(7-6-15)18-12-14-8-10-17-11-9-14/h8-11,13,15-16,18H,3-7,12H2,1-2H3. The number of nitrogens with one attached hydrogen (secondary N) is 1. The van der Waals surface area contributed by atoms with Crippen molar-refractivity contribution in [2.45, 2.75) is 58.5 Å². The van der Waals surface area contributed by atoms with Crippen LogP contribution in [-0.2, 0) is 6.54 Å². The van der Waals surface area contributed by atoms with E-state index in [9.17, 15) is 0 Å². The van der Waals surface area contributed by atoms with Gasteiger partial charge < -0.3 is 5.32 Å². The quantitative estimate of drug-likeness (QED) is 0.818. The molecule has 2 rings (SSSR count). The van der Waals surface area contributed by atoms with Gasteiger partial charge in [0.1, 0.15) is 0 Å². The highest BCUT2D eigenvalue weighted by atomic mass is 14.9. The highest BCUT2D eigenvalue weighted by Gasteiger charge is 2.20. The lowest BCUT2D eigenvalue weighted by Crippen LogP contribution is -2.28. The Morgan fingerprint density at radius 1 is 1.17 bits per heavy atom. The van der Waals surface area contributed by atoms with E-state index in [1.165, 1.54) is 37.7 Å². The Morgan fingerprint density at radius 2 is 1.94 bits per heavy atom. The average molecular weight is 246 g/mol. The van der Waals surface area contributed by atoms with Crippen molar-refractivity contribution >= 4 is 0 Å². The van der Waals surface area contributed by atoms with E-state index in [-0.39, 0.29) is 0 Å². The summed E-state index contributed by atoms with van der Waals surface area (Å²) in [6.45, 7) is 5.73. The molecule has 0 spiro atoms. The van der Waals surface area contributed by atoms with Crippen molar-refractivity contribution in [2.75, 3.05) is 0 Å². The van der Waals surface area contributed by atoms with Crippen molar-refractivity contribution in [3.63, 3.8) is 0 Å². The van der Waals surface area contributed by atoms with E-state index >= 15 is 0 Å². The fourth-order valence-corrected chi connectivity index (χ4v) is 2.96. The molecule has 0 bridgehead atoms. The summed E-state index contributed by atoms with van der Waals surface area (Å²) >= 11 is 0. The maximum atomic E-state index is 4.06. The fourth-order valence-electron chi connectivity index (χ4n) is 2.96. The van der Waals surface area contributed by atoms with Gasteiger partial charge >= 0.3 is 0 Å². The molecule has 0 saturated heterocycles. The van der Waals surface area contributed by atoms with Crippen LogP contribution in [0.4, 0.5) is 0 Å². The molecular formula is C16H26N2. The van der Waals surface area contributed by atoms with Crippen molar-refractivity contribution in [1.29, 1.82) is 0 Å². The minimum absolute atomic E-state index is 0.710. The van der Waals surface area contributed by atoms with E-state index in [0.717, 1.165) is 18.4 Å². The lowest BCUT2D eigenvalue weighted by molar-refractivity contribution is 0.337. The zero-order valence-electron chi connectivity index (χ0n) is 11.7. The molecule has 2 atom stereocenters. The number of aromatic nitrogens is 1. The Labute approximate surface area is 111 Å². The molecule has 0 aliphatic heterocycles. The largest absolute Gasteiger partial charge is 0.310 e. The minimum Gasteiger partial charge on any atom is -0.310 e. The third-order valence-electron chi connectivity index (χ3n) is 4.30. The molecule has 1 aliphatic carbocycles. The smallest absolute Gasteiger partial charge is 0.0271 e. The molecule has 100 valence electrons. The van der Waals surface area contributed by atoms with Gasteiger partial charge in [-0.1, -0.05) is 26.7 Å². The van der Waals surface area contributed by atoms with Crippen LogP contribution in [0.1, 0.15) is 51.5 Å². The summed E-state index contributed by atoms with van der Waals surface area (Å²) < 4.78 is 0. The normalized spacial score (nSPS) is 25.1. The Bertz CT molecular complexity index is 334. The Hall–Kier alpha value is -0.890. The van der Waals surface area contributed by atoms with Gasteiger partial charge in [0.25, 0.3) is 0 Å². The van der Waals surface area contributed by atoms with Crippen molar-refractivity contribution in [3.8, 4) is 0 Å². The van der Waals surface area contributed by atoms with Crippen LogP contribution in [0.15, 0.2) is 24.5 Å². The van der Waals surface area contributed by atoms with Crippen LogP contribution in [0, 0.1) is 11.8 Å². The van der Waals surface area contributed by atoms with Gasteiger partial charge in [0, 0.05) is 25.0 Å². The van der Waals surface area contributed by atoms with Gasteiger partial charge in [-0.25, -0.2) is 0 Å². The molecular weight excluding hydrogens is 220 g/mol. The number of rotatable bonds is 4. The molecule has 0 aromatic carbocycles. The van der Waals surface area contributed by atoms with Crippen molar-refractivity contribution < 1.29 is 0 Å². The van der Waals surface area contributed by atoms with Gasteiger partial charge in [-0.3, -0.25) is 4.98 Å². The van der Waals surface area contributed by atoms with Gasteiger partial charge in [0.05, 0.1) is 0 Å². The van der Waals surface area contributed by atoms with Crippen molar-refractivity contribution in [1.82, 2.24) is 10.3 Å². The maximum Gasteiger partial charge on any atom is 0.0271 e. The Kier molecular flexibility index (Phi) is 5.18. The summed E-state index contributed by atoms with van der Waals surface area (Å²) in [5.74, 6) is 1.79. The van der Waals surface area contributed by atoms with E-state index in [1.54, 1.807) is 0 Å². The summed E-state index contributed by atoms with van der Waals surface area (Å²) in [6.07, 6.45) is 10.6. The molecule has 0 radical (unpaired) electrons. The fraction of sp³-hybridized carbons (Fsp3) is 0.688. The lowest BCUT2D eigenvalue weighted by atomic mass is 9.89.